The quantitative estimate of drug-likeness (QED) is 0.598. The second-order valence-corrected chi connectivity index (χ2v) is 9.50. The van der Waals surface area contributed by atoms with Crippen molar-refractivity contribution in [2.45, 2.75) is 59.2 Å². The lowest BCUT2D eigenvalue weighted by Gasteiger charge is -2.24. The molecule has 0 spiro atoms. The normalized spacial score (nSPS) is 23.6. The maximum absolute atomic E-state index is 13.3. The van der Waals surface area contributed by atoms with Crippen LogP contribution in [0.15, 0.2) is 24.5 Å². The summed E-state index contributed by atoms with van der Waals surface area (Å²) in [6.07, 6.45) is 4.76. The Labute approximate surface area is 190 Å². The molecule has 1 saturated heterocycles. The first-order valence-electron chi connectivity index (χ1n) is 10.9. The highest BCUT2D eigenvalue weighted by molar-refractivity contribution is 6.07. The van der Waals surface area contributed by atoms with E-state index in [4.69, 9.17) is 0 Å². The number of Topliss-reactive ketones (excluding diaryl/α,β-unsaturated/α-hetero) is 1. The molecule has 2 aliphatic rings. The zero-order valence-electron chi connectivity index (χ0n) is 19.0. The molecule has 3 atom stereocenters. The fraction of sp³-hybridized carbons (Fsp3) is 0.417. The number of carboxylic acids is 1. The van der Waals surface area contributed by atoms with E-state index in [1.54, 1.807) is 12.4 Å². The fourth-order valence-electron chi connectivity index (χ4n) is 5.17. The summed E-state index contributed by atoms with van der Waals surface area (Å²) in [4.78, 5) is 47.4. The van der Waals surface area contributed by atoms with Crippen molar-refractivity contribution in [3.63, 3.8) is 0 Å². The van der Waals surface area contributed by atoms with E-state index in [-0.39, 0.29) is 35.4 Å². The minimum absolute atomic E-state index is 0.0468. The second-order valence-electron chi connectivity index (χ2n) is 9.50. The Morgan fingerprint density at radius 2 is 1.82 bits per heavy atom. The van der Waals surface area contributed by atoms with E-state index < -0.39 is 12.0 Å². The number of rotatable bonds is 5. The standard InChI is InChI=1S/C24H25N5O4/c1-12-5-15(16-9-25-14(3)26-10-16)6-17-21(13(2)30)27-28(22(12)17)11-20(31)29-18(23(32)33)7-24(4)8-19(24)29/h5-6,9-10,18-19H,7-8,11H2,1-4H3,(H,32,33)/t18?,19-,24+/m1/s1. The molecule has 9 heteroatoms. The lowest BCUT2D eigenvalue weighted by Crippen LogP contribution is -2.44. The SMILES string of the molecule is CC(=O)c1nn(CC(=O)N2C(C(=O)O)C[C@@]3(C)C[C@@H]23)c2c(C)cc(-c3cnc(C)nc3)cc12. The van der Waals surface area contributed by atoms with Crippen molar-refractivity contribution >= 4 is 28.6 Å². The molecular formula is C24H25N5O4. The largest absolute Gasteiger partial charge is 0.480 e. The van der Waals surface area contributed by atoms with Gasteiger partial charge in [0.25, 0.3) is 0 Å². The van der Waals surface area contributed by atoms with E-state index >= 15 is 0 Å². The van der Waals surface area contributed by atoms with E-state index in [1.165, 1.54) is 16.5 Å². The number of piperidine rings is 1. The molecule has 0 radical (unpaired) electrons. The molecule has 9 nitrogen and oxygen atoms in total. The third-order valence-corrected chi connectivity index (χ3v) is 6.98. The number of ketones is 1. The Morgan fingerprint density at radius 1 is 1.12 bits per heavy atom. The van der Waals surface area contributed by atoms with Gasteiger partial charge in [0.05, 0.1) is 5.52 Å². The zero-order valence-corrected chi connectivity index (χ0v) is 19.0. The number of carbonyl (C=O) groups excluding carboxylic acids is 2. The average molecular weight is 447 g/mol. The van der Waals surface area contributed by atoms with E-state index in [1.807, 2.05) is 32.9 Å². The Morgan fingerprint density at radius 3 is 2.45 bits per heavy atom. The van der Waals surface area contributed by atoms with Crippen molar-refractivity contribution in [3.05, 3.63) is 41.6 Å². The van der Waals surface area contributed by atoms with Gasteiger partial charge in [0.1, 0.15) is 24.1 Å². The molecule has 1 saturated carbocycles. The van der Waals surface area contributed by atoms with Gasteiger partial charge in [-0.05, 0) is 55.4 Å². The van der Waals surface area contributed by atoms with Crippen LogP contribution in [0.4, 0.5) is 0 Å². The smallest absolute Gasteiger partial charge is 0.326 e. The van der Waals surface area contributed by atoms with Crippen LogP contribution in [-0.2, 0) is 16.1 Å². The summed E-state index contributed by atoms with van der Waals surface area (Å²) in [7, 11) is 0. The van der Waals surface area contributed by atoms with Gasteiger partial charge in [0.15, 0.2) is 5.78 Å². The fourth-order valence-corrected chi connectivity index (χ4v) is 5.17. The lowest BCUT2D eigenvalue weighted by molar-refractivity contribution is -0.149. The van der Waals surface area contributed by atoms with Crippen molar-refractivity contribution < 1.29 is 19.5 Å². The number of carboxylic acid groups (broad SMARTS) is 1. The maximum Gasteiger partial charge on any atom is 0.326 e. The van der Waals surface area contributed by atoms with Crippen LogP contribution in [-0.4, -0.2) is 59.5 Å². The molecule has 1 aliphatic heterocycles. The Hall–Kier alpha value is -3.62. The summed E-state index contributed by atoms with van der Waals surface area (Å²) in [6.45, 7) is 7.07. The minimum Gasteiger partial charge on any atom is -0.480 e. The summed E-state index contributed by atoms with van der Waals surface area (Å²) in [6, 6.07) is 2.96. The molecule has 170 valence electrons. The van der Waals surface area contributed by atoms with Crippen LogP contribution in [0.3, 0.4) is 0 Å². The number of hydrogen-bond donors (Lipinski definition) is 1. The van der Waals surface area contributed by atoms with Crippen LogP contribution in [0, 0.1) is 19.3 Å². The number of fused-ring (bicyclic) bond motifs is 2. The van der Waals surface area contributed by atoms with E-state index in [2.05, 4.69) is 15.1 Å². The van der Waals surface area contributed by atoms with Crippen LogP contribution in [0.1, 0.15) is 48.6 Å². The van der Waals surface area contributed by atoms with Crippen LogP contribution in [0.2, 0.25) is 0 Å². The summed E-state index contributed by atoms with van der Waals surface area (Å²) < 4.78 is 1.54. The number of likely N-dealkylation sites (tertiary alicyclic amines) is 1. The molecule has 33 heavy (non-hydrogen) atoms. The number of hydrogen-bond acceptors (Lipinski definition) is 6. The molecule has 2 aromatic heterocycles. The Balaban J connectivity index is 1.55. The Kier molecular flexibility index (Phi) is 4.63. The van der Waals surface area contributed by atoms with Crippen molar-refractivity contribution in [1.82, 2.24) is 24.6 Å². The summed E-state index contributed by atoms with van der Waals surface area (Å²) in [5.74, 6) is -0.806. The van der Waals surface area contributed by atoms with Gasteiger partial charge >= 0.3 is 5.97 Å². The molecule has 5 rings (SSSR count). The van der Waals surface area contributed by atoms with Crippen LogP contribution in [0.25, 0.3) is 22.0 Å². The van der Waals surface area contributed by atoms with Crippen LogP contribution < -0.4 is 0 Å². The molecule has 1 aliphatic carbocycles. The van der Waals surface area contributed by atoms with E-state index in [9.17, 15) is 19.5 Å². The molecular weight excluding hydrogens is 422 g/mol. The first kappa shape index (κ1) is 21.2. The maximum atomic E-state index is 13.3. The van der Waals surface area contributed by atoms with Gasteiger partial charge in [-0.3, -0.25) is 14.3 Å². The van der Waals surface area contributed by atoms with Gasteiger partial charge < -0.3 is 10.0 Å². The highest BCUT2D eigenvalue weighted by Gasteiger charge is 2.64. The average Bonchev–Trinajstić information content (AvgIpc) is 3.11. The van der Waals surface area contributed by atoms with Gasteiger partial charge in [-0.25, -0.2) is 14.8 Å². The molecule has 1 aromatic carbocycles. The minimum atomic E-state index is -0.979. The number of carbonyl (C=O) groups is 3. The molecule has 1 amide bonds. The first-order chi connectivity index (χ1) is 15.6. The third kappa shape index (κ3) is 3.39. The molecule has 1 unspecified atom stereocenters. The number of nitrogens with zero attached hydrogens (tertiary/aromatic N) is 5. The van der Waals surface area contributed by atoms with Gasteiger partial charge in [-0.2, -0.15) is 5.10 Å². The van der Waals surface area contributed by atoms with Crippen LogP contribution >= 0.6 is 0 Å². The van der Waals surface area contributed by atoms with E-state index in [0.717, 1.165) is 23.1 Å². The predicted octanol–water partition coefficient (Wildman–Crippen LogP) is 2.78. The topological polar surface area (TPSA) is 118 Å². The van der Waals surface area contributed by atoms with Crippen LogP contribution in [0.5, 0.6) is 0 Å². The van der Waals surface area contributed by atoms with Crippen molar-refractivity contribution in [1.29, 1.82) is 0 Å². The second kappa shape index (κ2) is 7.19. The predicted molar refractivity (Wildman–Crippen MR) is 120 cm³/mol. The molecule has 3 aromatic rings. The van der Waals surface area contributed by atoms with Crippen molar-refractivity contribution in [3.8, 4) is 11.1 Å². The molecule has 0 bridgehead atoms. The van der Waals surface area contributed by atoms with Crippen molar-refractivity contribution in [2.24, 2.45) is 5.41 Å². The number of amides is 1. The number of benzene rings is 1. The monoisotopic (exact) mass is 447 g/mol. The lowest BCUT2D eigenvalue weighted by atomic mass is 10.0. The zero-order chi connectivity index (χ0) is 23.7. The highest BCUT2D eigenvalue weighted by atomic mass is 16.4. The molecule has 3 heterocycles. The van der Waals surface area contributed by atoms with Gasteiger partial charge in [0.2, 0.25) is 5.91 Å². The highest BCUT2D eigenvalue weighted by Crippen LogP contribution is 2.59. The van der Waals surface area contributed by atoms with E-state index in [0.29, 0.717) is 23.1 Å². The first-order valence-corrected chi connectivity index (χ1v) is 10.9. The summed E-state index contributed by atoms with van der Waals surface area (Å²) >= 11 is 0. The van der Waals surface area contributed by atoms with Gasteiger partial charge in [-0.15, -0.1) is 0 Å². The molecule has 1 N–H and O–H groups in total. The number of aliphatic carboxylic acids is 1. The van der Waals surface area contributed by atoms with Gasteiger partial charge in [-0.1, -0.05) is 6.92 Å². The molecule has 2 fully saturated rings. The number of aryl methyl sites for hydroxylation is 2. The summed E-state index contributed by atoms with van der Waals surface area (Å²) in [5.41, 5.74) is 3.38. The summed E-state index contributed by atoms with van der Waals surface area (Å²) in [5, 5.41) is 14.8. The van der Waals surface area contributed by atoms with Gasteiger partial charge in [0, 0.05) is 36.3 Å². The van der Waals surface area contributed by atoms with Crippen molar-refractivity contribution in [2.75, 3.05) is 0 Å². The Bertz CT molecular complexity index is 1330. The number of aromatic nitrogens is 4. The third-order valence-electron chi connectivity index (χ3n) is 6.98.